The van der Waals surface area contributed by atoms with Crippen LogP contribution >= 0.6 is 0 Å². The third kappa shape index (κ3) is 2.51. The number of nitriles is 1. The number of carbonyl (C=O) groups is 1. The highest BCUT2D eigenvalue weighted by Crippen LogP contribution is 2.43. The van der Waals surface area contributed by atoms with Crippen LogP contribution in [0.4, 0.5) is 0 Å². The Hall–Kier alpha value is -1.96. The summed E-state index contributed by atoms with van der Waals surface area (Å²) in [5.41, 5.74) is 6.31. The molecule has 0 bridgehead atoms. The summed E-state index contributed by atoms with van der Waals surface area (Å²) in [5.74, 6) is 0.185. The van der Waals surface area contributed by atoms with E-state index in [1.807, 2.05) is 31.8 Å². The van der Waals surface area contributed by atoms with Crippen molar-refractivity contribution in [3.63, 3.8) is 0 Å². The van der Waals surface area contributed by atoms with E-state index in [0.29, 0.717) is 11.3 Å². The Kier molecular flexibility index (Phi) is 4.33. The number of nitrogens with two attached hydrogens (primary N) is 1. The third-order valence-electron chi connectivity index (χ3n) is 3.12. The zero-order valence-corrected chi connectivity index (χ0v) is 11.3. The van der Waals surface area contributed by atoms with Crippen LogP contribution in [-0.4, -0.2) is 12.6 Å². The molecule has 0 saturated heterocycles. The second kappa shape index (κ2) is 6.00. The number of allylic oxidation sites excluding steroid dienone is 2. The van der Waals surface area contributed by atoms with Crippen LogP contribution in [-0.2, 0) is 14.3 Å². The molecule has 1 unspecified atom stereocenters. The molecule has 1 saturated carbocycles. The average Bonchev–Trinajstić information content (AvgIpc) is 2.91. The van der Waals surface area contributed by atoms with E-state index in [4.69, 9.17) is 15.2 Å². The predicted molar refractivity (Wildman–Crippen MR) is 71.2 cm³/mol. The molecule has 1 heterocycles. The fourth-order valence-electron chi connectivity index (χ4n) is 2.27. The molecule has 0 aromatic heterocycles. The van der Waals surface area contributed by atoms with Crippen LogP contribution in [0.15, 0.2) is 22.8 Å². The molecule has 5 nitrogen and oxygen atoms in total. The third-order valence-corrected chi connectivity index (χ3v) is 3.12. The van der Waals surface area contributed by atoms with Gasteiger partial charge in [-0.1, -0.05) is 0 Å². The van der Waals surface area contributed by atoms with E-state index in [1.165, 1.54) is 0 Å². The standard InChI is InChI=1S/C15H15N2O3/c1-3-19-15(18)12-9(2)20-14(17)11(8-16)13(12)10-6-4-5-7-10/h4-7,13H,3,17H2,1-2H3. The highest BCUT2D eigenvalue weighted by Gasteiger charge is 2.41. The van der Waals surface area contributed by atoms with Crippen LogP contribution in [0.5, 0.6) is 0 Å². The number of hydrogen-bond donors (Lipinski definition) is 1. The summed E-state index contributed by atoms with van der Waals surface area (Å²) in [7, 11) is 0. The van der Waals surface area contributed by atoms with Crippen LogP contribution < -0.4 is 5.73 Å². The molecular weight excluding hydrogens is 256 g/mol. The number of carbonyl (C=O) groups excluding carboxylic acids is 1. The molecule has 5 heteroatoms. The van der Waals surface area contributed by atoms with Crippen molar-refractivity contribution in [1.82, 2.24) is 0 Å². The van der Waals surface area contributed by atoms with E-state index < -0.39 is 11.9 Å². The van der Waals surface area contributed by atoms with E-state index in [2.05, 4.69) is 0 Å². The lowest BCUT2D eigenvalue weighted by molar-refractivity contribution is -0.139. The number of nitrogens with zero attached hydrogens (tertiary/aromatic N) is 1. The van der Waals surface area contributed by atoms with E-state index in [0.717, 1.165) is 5.92 Å². The number of hydrogen-bond acceptors (Lipinski definition) is 5. The fourth-order valence-corrected chi connectivity index (χ4v) is 2.27. The first-order valence-corrected chi connectivity index (χ1v) is 6.27. The van der Waals surface area contributed by atoms with Gasteiger partial charge in [0, 0.05) is 5.92 Å². The number of ether oxygens (including phenoxy) is 2. The fraction of sp³-hybridized carbons (Fsp3) is 0.267. The first-order valence-electron chi connectivity index (χ1n) is 6.27. The quantitative estimate of drug-likeness (QED) is 0.787. The maximum Gasteiger partial charge on any atom is 0.338 e. The summed E-state index contributed by atoms with van der Waals surface area (Å²) in [5, 5.41) is 9.30. The summed E-state index contributed by atoms with van der Waals surface area (Å²) in [4.78, 5) is 12.1. The van der Waals surface area contributed by atoms with Gasteiger partial charge in [0.15, 0.2) is 0 Å². The highest BCUT2D eigenvalue weighted by atomic mass is 16.5. The smallest absolute Gasteiger partial charge is 0.338 e. The van der Waals surface area contributed by atoms with Crippen LogP contribution in [0.25, 0.3) is 0 Å². The van der Waals surface area contributed by atoms with Gasteiger partial charge in [0.2, 0.25) is 5.88 Å². The summed E-state index contributed by atoms with van der Waals surface area (Å²) in [6, 6.07) is 2.03. The van der Waals surface area contributed by atoms with Crippen LogP contribution in [0.3, 0.4) is 0 Å². The highest BCUT2D eigenvalue weighted by molar-refractivity contribution is 5.92. The van der Waals surface area contributed by atoms with Gasteiger partial charge in [-0.2, -0.15) is 5.26 Å². The minimum absolute atomic E-state index is 0.0317. The van der Waals surface area contributed by atoms with Gasteiger partial charge in [-0.25, -0.2) is 4.79 Å². The average molecular weight is 271 g/mol. The van der Waals surface area contributed by atoms with Gasteiger partial charge < -0.3 is 15.2 Å². The van der Waals surface area contributed by atoms with E-state index >= 15 is 0 Å². The first-order chi connectivity index (χ1) is 9.60. The Bertz CT molecular complexity index is 508. The van der Waals surface area contributed by atoms with Crippen molar-refractivity contribution in [1.29, 1.82) is 5.26 Å². The van der Waals surface area contributed by atoms with Crippen LogP contribution in [0, 0.1) is 48.9 Å². The Morgan fingerprint density at radius 2 is 2.15 bits per heavy atom. The van der Waals surface area contributed by atoms with Gasteiger partial charge in [-0.3, -0.25) is 0 Å². The molecule has 2 aliphatic rings. The molecule has 2 rings (SSSR count). The van der Waals surface area contributed by atoms with Gasteiger partial charge in [0.25, 0.3) is 0 Å². The van der Waals surface area contributed by atoms with Crippen molar-refractivity contribution in [3.05, 3.63) is 54.4 Å². The van der Waals surface area contributed by atoms with Crippen molar-refractivity contribution in [2.45, 2.75) is 13.8 Å². The second-order valence-corrected chi connectivity index (χ2v) is 4.33. The molecule has 0 aromatic rings. The number of rotatable bonds is 3. The SMILES string of the molecule is CCOC(=O)C1=C(C)OC(N)=C(C#N)C1[C]1[CH][CH][CH][CH]1. The molecule has 0 spiro atoms. The maximum absolute atomic E-state index is 12.1. The molecule has 5 radical (unpaired) electrons. The van der Waals surface area contributed by atoms with Crippen molar-refractivity contribution in [2.24, 2.45) is 11.7 Å². The predicted octanol–water partition coefficient (Wildman–Crippen LogP) is 1.57. The van der Waals surface area contributed by atoms with Crippen molar-refractivity contribution in [2.75, 3.05) is 6.61 Å². The molecule has 2 N–H and O–H groups in total. The lowest BCUT2D eigenvalue weighted by Crippen LogP contribution is -2.30. The Morgan fingerprint density at radius 3 is 2.70 bits per heavy atom. The second-order valence-electron chi connectivity index (χ2n) is 4.33. The van der Waals surface area contributed by atoms with E-state index in [9.17, 15) is 10.1 Å². The molecule has 20 heavy (non-hydrogen) atoms. The Labute approximate surface area is 119 Å². The lowest BCUT2D eigenvalue weighted by Gasteiger charge is -2.29. The maximum atomic E-state index is 12.1. The molecule has 1 aliphatic heterocycles. The summed E-state index contributed by atoms with van der Waals surface area (Å²) in [6.07, 6.45) is 7.36. The van der Waals surface area contributed by atoms with Gasteiger partial charge in [-0.15, -0.1) is 0 Å². The molecule has 0 aromatic carbocycles. The normalized spacial score (nSPS) is 23.6. The van der Waals surface area contributed by atoms with Crippen molar-refractivity contribution >= 4 is 5.97 Å². The Morgan fingerprint density at radius 1 is 1.50 bits per heavy atom. The molecule has 1 atom stereocenters. The summed E-state index contributed by atoms with van der Waals surface area (Å²) < 4.78 is 10.4. The number of esters is 1. The van der Waals surface area contributed by atoms with E-state index in [1.54, 1.807) is 13.8 Å². The van der Waals surface area contributed by atoms with Gasteiger partial charge in [0.05, 0.1) is 17.8 Å². The molecule has 1 fully saturated rings. The molecule has 0 amide bonds. The van der Waals surface area contributed by atoms with Gasteiger partial charge in [-0.05, 0) is 45.4 Å². The Balaban J connectivity index is 2.42. The van der Waals surface area contributed by atoms with Crippen molar-refractivity contribution < 1.29 is 14.3 Å². The van der Waals surface area contributed by atoms with Crippen LogP contribution in [0.2, 0.25) is 0 Å². The molecule has 103 valence electrons. The molecule has 1 aliphatic carbocycles. The first kappa shape index (κ1) is 14.4. The zero-order chi connectivity index (χ0) is 14.7. The van der Waals surface area contributed by atoms with Gasteiger partial charge >= 0.3 is 5.97 Å². The topological polar surface area (TPSA) is 85.3 Å². The largest absolute Gasteiger partial charge is 0.463 e. The summed E-state index contributed by atoms with van der Waals surface area (Å²) >= 11 is 0. The minimum atomic E-state index is -0.539. The van der Waals surface area contributed by atoms with E-state index in [-0.39, 0.29) is 18.1 Å². The monoisotopic (exact) mass is 271 g/mol. The van der Waals surface area contributed by atoms with Crippen LogP contribution in [0.1, 0.15) is 13.8 Å². The lowest BCUT2D eigenvalue weighted by atomic mass is 9.78. The van der Waals surface area contributed by atoms with Gasteiger partial charge in [0.1, 0.15) is 11.8 Å². The zero-order valence-electron chi connectivity index (χ0n) is 11.3. The summed E-state index contributed by atoms with van der Waals surface area (Å²) in [6.45, 7) is 3.62. The molecular formula is C15H15N2O3. The van der Waals surface area contributed by atoms with Crippen molar-refractivity contribution in [3.8, 4) is 6.07 Å². The minimum Gasteiger partial charge on any atom is -0.463 e.